The van der Waals surface area contributed by atoms with E-state index >= 15 is 0 Å². The number of amides is 2. The average molecular weight is 531 g/mol. The van der Waals surface area contributed by atoms with Gasteiger partial charge in [0.05, 0.1) is 12.0 Å². The van der Waals surface area contributed by atoms with E-state index in [4.69, 9.17) is 0 Å². The van der Waals surface area contributed by atoms with E-state index in [2.05, 4.69) is 60.2 Å². The van der Waals surface area contributed by atoms with Crippen molar-refractivity contribution in [1.82, 2.24) is 20.0 Å². The van der Waals surface area contributed by atoms with Crippen LogP contribution < -0.4 is 5.32 Å². The monoisotopic (exact) mass is 530 g/mol. The minimum absolute atomic E-state index is 0.0343. The molecule has 5 rings (SSSR count). The van der Waals surface area contributed by atoms with Crippen molar-refractivity contribution in [3.8, 4) is 0 Å². The van der Waals surface area contributed by atoms with E-state index in [0.717, 1.165) is 32.5 Å². The molecule has 0 radical (unpaired) electrons. The van der Waals surface area contributed by atoms with Crippen LogP contribution in [0.5, 0.6) is 0 Å². The molecule has 0 unspecified atom stereocenters. The zero-order valence-corrected chi connectivity index (χ0v) is 23.4. The summed E-state index contributed by atoms with van der Waals surface area (Å²) < 4.78 is 27.3. The number of piperidine rings is 1. The highest BCUT2D eigenvalue weighted by Crippen LogP contribution is 2.38. The minimum atomic E-state index is -2.56. The molecular weight excluding hydrogens is 486 g/mol. The van der Waals surface area contributed by atoms with E-state index in [1.807, 2.05) is 7.05 Å². The van der Waals surface area contributed by atoms with Gasteiger partial charge in [0.2, 0.25) is 17.7 Å². The number of hydrogen-bond donors (Lipinski definition) is 1. The lowest BCUT2D eigenvalue weighted by molar-refractivity contribution is -0.135. The number of nitrogens with one attached hydrogen (secondary N) is 1. The number of rotatable bonds is 4. The molecule has 6 nitrogen and oxygen atoms in total. The number of halogens is 2. The van der Waals surface area contributed by atoms with Crippen molar-refractivity contribution in [2.75, 3.05) is 26.7 Å². The van der Waals surface area contributed by atoms with Crippen LogP contribution in [0.25, 0.3) is 0 Å². The predicted molar refractivity (Wildman–Crippen MR) is 144 cm³/mol. The maximum atomic E-state index is 13.6. The van der Waals surface area contributed by atoms with Gasteiger partial charge in [-0.05, 0) is 55.7 Å². The van der Waals surface area contributed by atoms with Crippen LogP contribution in [0.3, 0.4) is 0 Å². The maximum Gasteiger partial charge on any atom is 0.248 e. The number of hydrogen-bond acceptors (Lipinski definition) is 4. The zero-order valence-electron chi connectivity index (χ0n) is 23.4. The van der Waals surface area contributed by atoms with Gasteiger partial charge in [0.1, 0.15) is 6.04 Å². The van der Waals surface area contributed by atoms with Crippen molar-refractivity contribution in [3.63, 3.8) is 0 Å². The molecule has 1 aromatic rings. The molecule has 1 spiro atoms. The first-order valence-corrected chi connectivity index (χ1v) is 14.4. The first-order chi connectivity index (χ1) is 17.8. The van der Waals surface area contributed by atoms with Crippen molar-refractivity contribution in [1.29, 1.82) is 0 Å². The topological polar surface area (TPSA) is 55.9 Å². The Labute approximate surface area is 226 Å². The second-order valence-electron chi connectivity index (χ2n) is 13.4. The number of alkyl halides is 2. The fraction of sp³-hybridized carbons (Fsp3) is 0.733. The fourth-order valence-electron chi connectivity index (χ4n) is 6.95. The SMILES string of the molecule is CN(C1CCC(F)(F)CC1)[C@H]1C[C@H]2C(=O)NC3(CCN(Cc4ccc(C(C)(C)C)cc4)CC3)CC(=O)N2C1. The van der Waals surface area contributed by atoms with Crippen LogP contribution in [0.15, 0.2) is 24.3 Å². The van der Waals surface area contributed by atoms with E-state index in [1.54, 1.807) is 4.90 Å². The molecule has 2 atom stereocenters. The molecule has 1 aromatic carbocycles. The average Bonchev–Trinajstić information content (AvgIpc) is 3.28. The standard InChI is InChI=1S/C30H44F2N4O2/c1-28(2,3)22-7-5-21(6-8-22)19-35-15-13-29(14-16-35)18-26(37)36-20-24(17-25(36)27(38)33-29)34(4)23-9-11-30(31,32)12-10-23/h5-8,23-25H,9-20H2,1-4H3,(H,33,38)/t24-,25-/m0/s1. The number of fused-ring (bicyclic) bond motifs is 1. The van der Waals surface area contributed by atoms with Gasteiger partial charge in [-0.25, -0.2) is 8.78 Å². The lowest BCUT2D eigenvalue weighted by Gasteiger charge is -2.41. The zero-order chi connectivity index (χ0) is 27.3. The second kappa shape index (κ2) is 10.2. The second-order valence-corrected chi connectivity index (χ2v) is 13.4. The number of benzene rings is 1. The van der Waals surface area contributed by atoms with E-state index < -0.39 is 17.5 Å². The summed E-state index contributed by atoms with van der Waals surface area (Å²) in [6, 6.07) is 8.51. The van der Waals surface area contributed by atoms with Crippen LogP contribution in [0, 0.1) is 0 Å². The van der Waals surface area contributed by atoms with Crippen molar-refractivity contribution in [2.24, 2.45) is 0 Å². The Morgan fingerprint density at radius 2 is 1.63 bits per heavy atom. The molecule has 1 aliphatic carbocycles. The third-order valence-electron chi connectivity index (χ3n) is 9.66. The lowest BCUT2D eigenvalue weighted by Crippen LogP contribution is -2.56. The largest absolute Gasteiger partial charge is 0.348 e. The number of carbonyl (C=O) groups excluding carboxylic acids is 2. The highest BCUT2D eigenvalue weighted by atomic mass is 19.3. The Morgan fingerprint density at radius 1 is 1.00 bits per heavy atom. The van der Waals surface area contributed by atoms with Gasteiger partial charge in [0.15, 0.2) is 0 Å². The van der Waals surface area contributed by atoms with Crippen molar-refractivity contribution < 1.29 is 18.4 Å². The van der Waals surface area contributed by atoms with Crippen LogP contribution >= 0.6 is 0 Å². The third kappa shape index (κ3) is 5.76. The van der Waals surface area contributed by atoms with Crippen LogP contribution in [0.1, 0.15) is 83.3 Å². The normalized spacial score (nSPS) is 28.4. The molecule has 3 aliphatic heterocycles. The Kier molecular flexibility index (Phi) is 7.35. The Bertz CT molecular complexity index is 992. The molecule has 4 fully saturated rings. The summed E-state index contributed by atoms with van der Waals surface area (Å²) >= 11 is 0. The Morgan fingerprint density at radius 3 is 2.24 bits per heavy atom. The van der Waals surface area contributed by atoms with Crippen LogP contribution in [-0.4, -0.2) is 82.8 Å². The number of likely N-dealkylation sites (N-methyl/N-ethyl adjacent to an activating group) is 1. The fourth-order valence-corrected chi connectivity index (χ4v) is 6.95. The smallest absolute Gasteiger partial charge is 0.248 e. The molecule has 210 valence electrons. The molecule has 2 amide bonds. The number of carbonyl (C=O) groups is 2. The van der Waals surface area contributed by atoms with Crippen molar-refractivity contribution in [2.45, 2.75) is 114 Å². The first-order valence-electron chi connectivity index (χ1n) is 14.4. The quantitative estimate of drug-likeness (QED) is 0.630. The lowest BCUT2D eigenvalue weighted by atomic mass is 9.83. The summed E-state index contributed by atoms with van der Waals surface area (Å²) in [6.45, 7) is 9.73. The van der Waals surface area contributed by atoms with Gasteiger partial charge >= 0.3 is 0 Å². The third-order valence-corrected chi connectivity index (χ3v) is 9.66. The van der Waals surface area contributed by atoms with Gasteiger partial charge in [-0.3, -0.25) is 19.4 Å². The van der Waals surface area contributed by atoms with Gasteiger partial charge in [0, 0.05) is 51.1 Å². The highest BCUT2D eigenvalue weighted by molar-refractivity contribution is 5.92. The van der Waals surface area contributed by atoms with Gasteiger partial charge in [-0.2, -0.15) is 0 Å². The molecule has 0 bridgehead atoms. The van der Waals surface area contributed by atoms with Gasteiger partial charge in [-0.1, -0.05) is 45.0 Å². The molecular formula is C30H44F2N4O2. The van der Waals surface area contributed by atoms with E-state index in [-0.39, 0.29) is 42.2 Å². The first kappa shape index (κ1) is 27.5. The molecule has 38 heavy (non-hydrogen) atoms. The summed E-state index contributed by atoms with van der Waals surface area (Å²) in [4.78, 5) is 33.2. The number of nitrogens with zero attached hydrogens (tertiary/aromatic N) is 3. The maximum absolute atomic E-state index is 13.6. The Hall–Kier alpha value is -2.06. The molecule has 1 N–H and O–H groups in total. The Balaban J connectivity index is 1.16. The molecule has 3 heterocycles. The summed E-state index contributed by atoms with van der Waals surface area (Å²) in [6.07, 6.45) is 3.22. The number of likely N-dealkylation sites (tertiary alicyclic amines) is 1. The predicted octanol–water partition coefficient (Wildman–Crippen LogP) is 4.32. The summed E-state index contributed by atoms with van der Waals surface area (Å²) in [5.41, 5.74) is 2.28. The van der Waals surface area contributed by atoms with Gasteiger partial charge in [-0.15, -0.1) is 0 Å². The molecule has 1 saturated carbocycles. The van der Waals surface area contributed by atoms with Crippen LogP contribution in [0.2, 0.25) is 0 Å². The highest BCUT2D eigenvalue weighted by Gasteiger charge is 2.50. The molecule has 0 aromatic heterocycles. The van der Waals surface area contributed by atoms with E-state index in [9.17, 15) is 18.4 Å². The minimum Gasteiger partial charge on any atom is -0.348 e. The molecule has 3 saturated heterocycles. The van der Waals surface area contributed by atoms with Gasteiger partial charge < -0.3 is 10.2 Å². The van der Waals surface area contributed by atoms with E-state index in [0.29, 0.717) is 32.2 Å². The summed E-state index contributed by atoms with van der Waals surface area (Å²) in [7, 11) is 1.97. The summed E-state index contributed by atoms with van der Waals surface area (Å²) in [5.74, 6) is -2.56. The van der Waals surface area contributed by atoms with Crippen molar-refractivity contribution >= 4 is 11.8 Å². The van der Waals surface area contributed by atoms with Gasteiger partial charge in [0.25, 0.3) is 0 Å². The van der Waals surface area contributed by atoms with Crippen molar-refractivity contribution in [3.05, 3.63) is 35.4 Å². The summed E-state index contributed by atoms with van der Waals surface area (Å²) in [5, 5.41) is 3.31. The van der Waals surface area contributed by atoms with Crippen LogP contribution in [0.4, 0.5) is 8.78 Å². The van der Waals surface area contributed by atoms with Crippen LogP contribution in [-0.2, 0) is 21.5 Å². The molecule has 4 aliphatic rings. The molecule has 8 heteroatoms. The van der Waals surface area contributed by atoms with E-state index in [1.165, 1.54) is 11.1 Å².